The third-order valence-electron chi connectivity index (χ3n) is 0.619. The molecule has 0 atom stereocenters. The van der Waals surface area contributed by atoms with Crippen molar-refractivity contribution >= 4 is 24.4 Å². The Balaban J connectivity index is 4.14. The van der Waals surface area contributed by atoms with Crippen LogP contribution in [-0.4, -0.2) is 24.0 Å². The summed E-state index contributed by atoms with van der Waals surface area (Å²) in [6.07, 6.45) is 1.76. The van der Waals surface area contributed by atoms with Crippen molar-refractivity contribution in [2.75, 3.05) is 6.26 Å². The zero-order chi connectivity index (χ0) is 7.28. The van der Waals surface area contributed by atoms with Gasteiger partial charge in [0.2, 0.25) is 0 Å². The maximum Gasteiger partial charge on any atom is 0.354 e. The van der Waals surface area contributed by atoms with Crippen molar-refractivity contribution in [3.63, 3.8) is 0 Å². The molecule has 1 N–H and O–H groups in total. The van der Waals surface area contributed by atoms with Crippen molar-refractivity contribution in [3.05, 3.63) is 11.1 Å². The Kier molecular flexibility index (Phi) is 3.79. The molecular weight excluding hydrogens is 138 g/mol. The molecule has 0 spiro atoms. The van der Waals surface area contributed by atoms with Crippen molar-refractivity contribution in [3.8, 4) is 0 Å². The van der Waals surface area contributed by atoms with E-state index in [1.807, 2.05) is 0 Å². The van der Waals surface area contributed by atoms with E-state index in [2.05, 4.69) is 11.7 Å². The number of carboxylic acid groups (broad SMARTS) is 1. The van der Waals surface area contributed by atoms with Crippen LogP contribution in [0.2, 0.25) is 0 Å². The second-order valence-electron chi connectivity index (χ2n) is 1.20. The largest absolute Gasteiger partial charge is 0.476 e. The minimum Gasteiger partial charge on any atom is -0.476 e. The number of hydrogen-bond donors (Lipinski definition) is 1. The number of hydrogen-bond acceptors (Lipinski definition) is 3. The number of aliphatic imine (C=N–C) groups is 1. The van der Waals surface area contributed by atoms with Crippen molar-refractivity contribution in [2.24, 2.45) is 4.99 Å². The first kappa shape index (κ1) is 8.23. The van der Waals surface area contributed by atoms with Gasteiger partial charge in [-0.25, -0.2) is 4.79 Å². The average Bonchev–Trinajstić information content (AvgIpc) is 1.82. The first-order chi connectivity index (χ1) is 4.22. The van der Waals surface area contributed by atoms with E-state index >= 15 is 0 Å². The topological polar surface area (TPSA) is 49.7 Å². The van der Waals surface area contributed by atoms with Crippen LogP contribution in [0.5, 0.6) is 0 Å². The molecule has 0 aliphatic carbocycles. The maximum atomic E-state index is 10.1. The smallest absolute Gasteiger partial charge is 0.354 e. The van der Waals surface area contributed by atoms with Gasteiger partial charge in [0.05, 0.1) is 0 Å². The fourth-order valence-corrected chi connectivity index (χ4v) is 0.666. The van der Waals surface area contributed by atoms with Gasteiger partial charge in [0, 0.05) is 5.41 Å². The molecule has 50 valence electrons. The monoisotopic (exact) mass is 145 g/mol. The summed E-state index contributed by atoms with van der Waals surface area (Å²) in [7, 11) is 0. The van der Waals surface area contributed by atoms with Gasteiger partial charge in [-0.3, -0.25) is 4.99 Å². The molecule has 0 heterocycles. The Labute approximate surface area is 57.5 Å². The standard InChI is InChI=1S/C5H7NO2S/c1-6-4(3-9-2)5(7)8/h3H,1H2,2H3,(H,7,8)/b4-3-. The van der Waals surface area contributed by atoms with Crippen molar-refractivity contribution < 1.29 is 9.90 Å². The first-order valence-electron chi connectivity index (χ1n) is 2.15. The number of carbonyl (C=O) groups is 1. The summed E-state index contributed by atoms with van der Waals surface area (Å²) in [4.78, 5) is 13.4. The van der Waals surface area contributed by atoms with Crippen LogP contribution in [0.4, 0.5) is 0 Å². The molecule has 0 saturated carbocycles. The number of rotatable bonds is 3. The summed E-state index contributed by atoms with van der Waals surface area (Å²) in [5, 5.41) is 9.71. The third kappa shape index (κ3) is 2.92. The maximum absolute atomic E-state index is 10.1. The Morgan fingerprint density at radius 2 is 2.44 bits per heavy atom. The quantitative estimate of drug-likeness (QED) is 0.475. The number of aliphatic carboxylic acids is 1. The van der Waals surface area contributed by atoms with E-state index in [0.29, 0.717) is 0 Å². The molecule has 0 aliphatic heterocycles. The van der Waals surface area contributed by atoms with Gasteiger partial charge in [0.1, 0.15) is 0 Å². The Morgan fingerprint density at radius 3 is 2.56 bits per heavy atom. The van der Waals surface area contributed by atoms with Crippen LogP contribution < -0.4 is 0 Å². The van der Waals surface area contributed by atoms with Crippen LogP contribution in [0.15, 0.2) is 16.1 Å². The highest BCUT2D eigenvalue weighted by Crippen LogP contribution is 2.03. The fourth-order valence-electron chi connectivity index (χ4n) is 0.267. The minimum atomic E-state index is -1.04. The van der Waals surface area contributed by atoms with Gasteiger partial charge in [-0.2, -0.15) is 0 Å². The molecule has 4 heteroatoms. The molecular formula is C5H7NO2S. The second kappa shape index (κ2) is 4.14. The molecule has 0 saturated heterocycles. The summed E-state index contributed by atoms with van der Waals surface area (Å²) in [5.74, 6) is -1.04. The van der Waals surface area contributed by atoms with E-state index in [9.17, 15) is 4.79 Å². The summed E-state index contributed by atoms with van der Waals surface area (Å²) in [6.45, 7) is 3.09. The zero-order valence-electron chi connectivity index (χ0n) is 5.00. The minimum absolute atomic E-state index is 0.0116. The fraction of sp³-hybridized carbons (Fsp3) is 0.200. The molecule has 0 fully saturated rings. The lowest BCUT2D eigenvalue weighted by Gasteiger charge is -1.88. The van der Waals surface area contributed by atoms with Gasteiger partial charge in [-0.05, 0) is 13.0 Å². The van der Waals surface area contributed by atoms with Crippen LogP contribution in [0.25, 0.3) is 0 Å². The van der Waals surface area contributed by atoms with E-state index in [4.69, 9.17) is 5.11 Å². The van der Waals surface area contributed by atoms with Crippen LogP contribution in [0.3, 0.4) is 0 Å². The van der Waals surface area contributed by atoms with E-state index in [-0.39, 0.29) is 5.70 Å². The van der Waals surface area contributed by atoms with Crippen LogP contribution in [-0.2, 0) is 4.79 Å². The summed E-state index contributed by atoms with van der Waals surface area (Å²) in [5.41, 5.74) is -0.0116. The van der Waals surface area contributed by atoms with E-state index < -0.39 is 5.97 Å². The van der Waals surface area contributed by atoms with Crippen LogP contribution in [0.1, 0.15) is 0 Å². The predicted octanol–water partition coefficient (Wildman–Crippen LogP) is 0.976. The molecule has 0 bridgehead atoms. The number of thioether (sulfide) groups is 1. The van der Waals surface area contributed by atoms with Gasteiger partial charge in [0.15, 0.2) is 5.70 Å². The van der Waals surface area contributed by atoms with Crippen molar-refractivity contribution in [1.82, 2.24) is 0 Å². The molecule has 3 nitrogen and oxygen atoms in total. The van der Waals surface area contributed by atoms with Gasteiger partial charge in [-0.1, -0.05) is 0 Å². The SMILES string of the molecule is C=N/C(=C\SC)C(=O)O. The summed E-state index contributed by atoms with van der Waals surface area (Å²) in [6, 6.07) is 0. The molecule has 0 radical (unpaired) electrons. The van der Waals surface area contributed by atoms with Gasteiger partial charge in [0.25, 0.3) is 0 Å². The highest BCUT2D eigenvalue weighted by atomic mass is 32.2. The molecule has 0 amide bonds. The Bertz CT molecular complexity index is 153. The van der Waals surface area contributed by atoms with E-state index in [0.717, 1.165) is 0 Å². The van der Waals surface area contributed by atoms with E-state index in [1.165, 1.54) is 17.2 Å². The molecule has 0 aromatic carbocycles. The highest BCUT2D eigenvalue weighted by molar-refractivity contribution is 8.01. The zero-order valence-corrected chi connectivity index (χ0v) is 5.81. The molecule has 9 heavy (non-hydrogen) atoms. The molecule has 0 unspecified atom stereocenters. The Morgan fingerprint density at radius 1 is 1.89 bits per heavy atom. The van der Waals surface area contributed by atoms with Crippen LogP contribution >= 0.6 is 11.8 Å². The summed E-state index contributed by atoms with van der Waals surface area (Å²) < 4.78 is 0. The van der Waals surface area contributed by atoms with E-state index in [1.54, 1.807) is 6.26 Å². The molecule has 0 aromatic heterocycles. The summed E-state index contributed by atoms with van der Waals surface area (Å²) >= 11 is 1.29. The van der Waals surface area contributed by atoms with Crippen LogP contribution in [0, 0.1) is 0 Å². The normalized spacial score (nSPS) is 11.0. The average molecular weight is 145 g/mol. The number of nitrogens with zero attached hydrogens (tertiary/aromatic N) is 1. The predicted molar refractivity (Wildman–Crippen MR) is 38.8 cm³/mol. The van der Waals surface area contributed by atoms with Gasteiger partial charge < -0.3 is 5.11 Å². The lowest BCUT2D eigenvalue weighted by molar-refractivity contribution is -0.132. The van der Waals surface area contributed by atoms with Crippen molar-refractivity contribution in [2.45, 2.75) is 0 Å². The third-order valence-corrected chi connectivity index (χ3v) is 1.08. The lowest BCUT2D eigenvalue weighted by atomic mass is 10.5. The highest BCUT2D eigenvalue weighted by Gasteiger charge is 2.00. The number of carboxylic acids is 1. The first-order valence-corrected chi connectivity index (χ1v) is 3.44. The van der Waals surface area contributed by atoms with Gasteiger partial charge >= 0.3 is 5.97 Å². The Hall–Kier alpha value is -0.770. The lowest BCUT2D eigenvalue weighted by Crippen LogP contribution is -1.95. The second-order valence-corrected chi connectivity index (χ2v) is 1.91. The molecule has 0 rings (SSSR count). The molecule has 0 aliphatic rings. The van der Waals surface area contributed by atoms with Crippen molar-refractivity contribution in [1.29, 1.82) is 0 Å². The molecule has 0 aromatic rings. The van der Waals surface area contributed by atoms with Gasteiger partial charge in [-0.15, -0.1) is 11.8 Å².